The Morgan fingerprint density at radius 1 is 1.25 bits per heavy atom. The second-order valence-electron chi connectivity index (χ2n) is 4.71. The summed E-state index contributed by atoms with van der Waals surface area (Å²) >= 11 is 0. The molecule has 2 aliphatic rings. The maximum absolute atomic E-state index is 11.9. The van der Waals surface area contributed by atoms with Crippen molar-refractivity contribution in [3.05, 3.63) is 12.2 Å². The number of aliphatic carboxylic acids is 1. The fourth-order valence-electron chi connectivity index (χ4n) is 2.81. The highest BCUT2D eigenvalue weighted by atomic mass is 16.4. The molecule has 0 aliphatic heterocycles. The lowest BCUT2D eigenvalue weighted by Crippen LogP contribution is -2.45. The lowest BCUT2D eigenvalue weighted by molar-refractivity contribution is -0.148. The van der Waals surface area contributed by atoms with Crippen molar-refractivity contribution in [2.45, 2.75) is 6.42 Å². The first kappa shape index (κ1) is 11.1. The van der Waals surface area contributed by atoms with E-state index in [2.05, 4.69) is 5.43 Å². The third-order valence-electron chi connectivity index (χ3n) is 3.38. The van der Waals surface area contributed by atoms with Gasteiger partial charge in [-0.25, -0.2) is 5.01 Å². The van der Waals surface area contributed by atoms with Gasteiger partial charge in [0.2, 0.25) is 5.91 Å². The van der Waals surface area contributed by atoms with E-state index in [1.54, 1.807) is 19.1 Å². The molecule has 0 spiro atoms. The molecule has 2 rings (SSSR count). The highest BCUT2D eigenvalue weighted by molar-refractivity contribution is 5.86. The highest BCUT2D eigenvalue weighted by Crippen LogP contribution is 2.48. The molecule has 0 saturated heterocycles. The van der Waals surface area contributed by atoms with Crippen LogP contribution in [0.15, 0.2) is 12.2 Å². The number of nitrogens with zero attached hydrogens (tertiary/aromatic N) is 1. The summed E-state index contributed by atoms with van der Waals surface area (Å²) < 4.78 is 0. The van der Waals surface area contributed by atoms with Crippen molar-refractivity contribution in [2.24, 2.45) is 23.7 Å². The molecule has 0 heterocycles. The van der Waals surface area contributed by atoms with Gasteiger partial charge in [-0.05, 0) is 18.3 Å². The zero-order valence-corrected chi connectivity index (χ0v) is 9.38. The molecule has 5 nitrogen and oxygen atoms in total. The van der Waals surface area contributed by atoms with E-state index in [0.29, 0.717) is 0 Å². The van der Waals surface area contributed by atoms with E-state index in [0.717, 1.165) is 6.42 Å². The maximum atomic E-state index is 11.9. The fraction of sp³-hybridized carbons (Fsp3) is 0.636. The molecule has 2 aliphatic carbocycles. The predicted molar refractivity (Wildman–Crippen MR) is 57.2 cm³/mol. The summed E-state index contributed by atoms with van der Waals surface area (Å²) in [5.41, 5.74) is 2.65. The van der Waals surface area contributed by atoms with Crippen molar-refractivity contribution in [2.75, 3.05) is 14.1 Å². The molecular formula is C11H16N2O3. The van der Waals surface area contributed by atoms with Crippen molar-refractivity contribution in [3.8, 4) is 0 Å². The first-order valence-corrected chi connectivity index (χ1v) is 5.39. The topological polar surface area (TPSA) is 69.6 Å². The molecule has 1 fully saturated rings. The third kappa shape index (κ3) is 1.71. The number of carboxylic acid groups (broad SMARTS) is 1. The van der Waals surface area contributed by atoms with Crippen LogP contribution in [0, 0.1) is 23.7 Å². The monoisotopic (exact) mass is 224 g/mol. The van der Waals surface area contributed by atoms with Crippen LogP contribution in [0.1, 0.15) is 6.42 Å². The van der Waals surface area contributed by atoms with Gasteiger partial charge in [0, 0.05) is 14.1 Å². The van der Waals surface area contributed by atoms with Gasteiger partial charge >= 0.3 is 5.97 Å². The van der Waals surface area contributed by atoms with Gasteiger partial charge in [0.25, 0.3) is 0 Å². The minimum absolute atomic E-state index is 0.0282. The Bertz CT molecular complexity index is 351. The van der Waals surface area contributed by atoms with Crippen LogP contribution < -0.4 is 5.43 Å². The van der Waals surface area contributed by atoms with Gasteiger partial charge in [-0.1, -0.05) is 12.2 Å². The van der Waals surface area contributed by atoms with E-state index in [1.165, 1.54) is 0 Å². The molecule has 88 valence electrons. The minimum atomic E-state index is -0.865. The molecule has 2 unspecified atom stereocenters. The van der Waals surface area contributed by atoms with Crippen LogP contribution in [-0.2, 0) is 9.59 Å². The third-order valence-corrected chi connectivity index (χ3v) is 3.38. The summed E-state index contributed by atoms with van der Waals surface area (Å²) in [6.07, 6.45) is 4.70. The Balaban J connectivity index is 2.16. The molecule has 4 atom stereocenters. The molecule has 2 N–H and O–H groups in total. The Labute approximate surface area is 94.1 Å². The summed E-state index contributed by atoms with van der Waals surface area (Å²) in [4.78, 5) is 23.1. The standard InChI is InChI=1S/C11H16N2O3/c1-13(2)12-10(14)8-6-3-4-7(5-6)9(8)11(15)16/h3-4,6-9H,5H2,1-2H3,(H,12,14)(H,15,16)/t6?,7?,8-,9+/m0/s1. The first-order valence-electron chi connectivity index (χ1n) is 5.39. The van der Waals surface area contributed by atoms with Crippen LogP contribution in [0.3, 0.4) is 0 Å². The quantitative estimate of drug-likeness (QED) is 0.527. The highest BCUT2D eigenvalue weighted by Gasteiger charge is 2.51. The summed E-state index contributed by atoms with van der Waals surface area (Å²) in [6.45, 7) is 0. The van der Waals surface area contributed by atoms with Crippen LogP contribution in [0.25, 0.3) is 0 Å². The molecule has 0 aromatic rings. The molecule has 1 amide bonds. The number of carbonyl (C=O) groups is 2. The molecule has 5 heteroatoms. The summed E-state index contributed by atoms with van der Waals surface area (Å²) in [5, 5.41) is 10.7. The Morgan fingerprint density at radius 2 is 1.81 bits per heavy atom. The lowest BCUT2D eigenvalue weighted by Gasteiger charge is -2.25. The summed E-state index contributed by atoms with van der Waals surface area (Å²) in [5.74, 6) is -1.92. The van der Waals surface area contributed by atoms with Crippen LogP contribution in [-0.4, -0.2) is 36.1 Å². The lowest BCUT2D eigenvalue weighted by atomic mass is 9.82. The van der Waals surface area contributed by atoms with Crippen LogP contribution >= 0.6 is 0 Å². The van der Waals surface area contributed by atoms with Gasteiger partial charge in [0.05, 0.1) is 11.8 Å². The molecule has 0 aromatic carbocycles. The van der Waals surface area contributed by atoms with E-state index < -0.39 is 17.8 Å². The van der Waals surface area contributed by atoms with E-state index in [4.69, 9.17) is 5.11 Å². The van der Waals surface area contributed by atoms with E-state index in [-0.39, 0.29) is 17.7 Å². The second kappa shape index (κ2) is 3.90. The maximum Gasteiger partial charge on any atom is 0.307 e. The van der Waals surface area contributed by atoms with E-state index >= 15 is 0 Å². The zero-order valence-electron chi connectivity index (χ0n) is 9.38. The van der Waals surface area contributed by atoms with E-state index in [1.807, 2.05) is 12.2 Å². The summed E-state index contributed by atoms with van der Waals surface area (Å²) in [7, 11) is 3.44. The van der Waals surface area contributed by atoms with Crippen molar-refractivity contribution < 1.29 is 14.7 Å². The number of rotatable bonds is 3. The molecule has 16 heavy (non-hydrogen) atoms. The van der Waals surface area contributed by atoms with E-state index in [9.17, 15) is 9.59 Å². The molecule has 2 bridgehead atoms. The van der Waals surface area contributed by atoms with Gasteiger partial charge in [-0.15, -0.1) is 0 Å². The number of hydrogen-bond donors (Lipinski definition) is 2. The molecule has 0 aromatic heterocycles. The number of hydrazine groups is 1. The van der Waals surface area contributed by atoms with Gasteiger partial charge < -0.3 is 5.11 Å². The number of hydrogen-bond acceptors (Lipinski definition) is 3. The van der Waals surface area contributed by atoms with Gasteiger partial charge in [0.15, 0.2) is 0 Å². The van der Waals surface area contributed by atoms with Crippen LogP contribution in [0.4, 0.5) is 0 Å². The molecule has 0 radical (unpaired) electrons. The molecular weight excluding hydrogens is 208 g/mol. The van der Waals surface area contributed by atoms with Crippen molar-refractivity contribution in [3.63, 3.8) is 0 Å². The minimum Gasteiger partial charge on any atom is -0.481 e. The Hall–Kier alpha value is -1.36. The normalized spacial score (nSPS) is 35.7. The Morgan fingerprint density at radius 3 is 2.31 bits per heavy atom. The van der Waals surface area contributed by atoms with Crippen molar-refractivity contribution in [1.82, 2.24) is 10.4 Å². The van der Waals surface area contributed by atoms with Crippen LogP contribution in [0.5, 0.6) is 0 Å². The number of nitrogens with one attached hydrogen (secondary N) is 1. The van der Waals surface area contributed by atoms with Crippen molar-refractivity contribution >= 4 is 11.9 Å². The first-order chi connectivity index (χ1) is 7.50. The fourth-order valence-corrected chi connectivity index (χ4v) is 2.81. The number of fused-ring (bicyclic) bond motifs is 2. The largest absolute Gasteiger partial charge is 0.481 e. The smallest absolute Gasteiger partial charge is 0.307 e. The number of carbonyl (C=O) groups excluding carboxylic acids is 1. The zero-order chi connectivity index (χ0) is 11.9. The second-order valence-corrected chi connectivity index (χ2v) is 4.71. The predicted octanol–water partition coefficient (Wildman–Crippen LogP) is 0.102. The van der Waals surface area contributed by atoms with Gasteiger partial charge in [-0.2, -0.15) is 0 Å². The van der Waals surface area contributed by atoms with Gasteiger partial charge in [-0.3, -0.25) is 15.0 Å². The number of amides is 1. The van der Waals surface area contributed by atoms with Gasteiger partial charge in [0.1, 0.15) is 0 Å². The Kier molecular flexibility index (Phi) is 2.71. The molecule has 1 saturated carbocycles. The van der Waals surface area contributed by atoms with Crippen LogP contribution in [0.2, 0.25) is 0 Å². The summed E-state index contributed by atoms with van der Waals surface area (Å²) in [6, 6.07) is 0. The average Bonchev–Trinajstić information content (AvgIpc) is 2.74. The number of carboxylic acids is 1. The number of allylic oxidation sites excluding steroid dienone is 2. The SMILES string of the molecule is CN(C)NC(=O)[C@H]1C2C=CC(C2)[C@H]1C(=O)O. The van der Waals surface area contributed by atoms with Crippen molar-refractivity contribution in [1.29, 1.82) is 0 Å². The average molecular weight is 224 g/mol.